The van der Waals surface area contributed by atoms with Crippen LogP contribution >= 0.6 is 15.9 Å². The van der Waals surface area contributed by atoms with Gasteiger partial charge in [-0.15, -0.1) is 0 Å². The Labute approximate surface area is 150 Å². The molecule has 3 aliphatic carbocycles. The number of halogens is 1. The summed E-state index contributed by atoms with van der Waals surface area (Å²) in [6.07, 6.45) is 8.19. The number of aryl methyl sites for hydroxylation is 1. The van der Waals surface area contributed by atoms with Crippen LogP contribution in [0.5, 0.6) is 0 Å². The van der Waals surface area contributed by atoms with Crippen molar-refractivity contribution in [2.24, 2.45) is 22.7 Å². The average molecular weight is 375 g/mol. The fourth-order valence-electron chi connectivity index (χ4n) is 7.08. The van der Waals surface area contributed by atoms with Crippen LogP contribution in [0.4, 0.5) is 0 Å². The van der Waals surface area contributed by atoms with Gasteiger partial charge >= 0.3 is 0 Å². The van der Waals surface area contributed by atoms with Crippen LogP contribution in [0.1, 0.15) is 70.9 Å². The van der Waals surface area contributed by atoms with E-state index in [4.69, 9.17) is 0 Å². The first kappa shape index (κ1) is 16.2. The van der Waals surface area contributed by atoms with Gasteiger partial charge in [-0.25, -0.2) is 0 Å². The third-order valence-corrected chi connectivity index (χ3v) is 9.93. The molecule has 23 heavy (non-hydrogen) atoms. The molecule has 0 aliphatic heterocycles. The lowest BCUT2D eigenvalue weighted by Gasteiger charge is -2.65. The number of fused-ring (bicyclic) bond motifs is 5. The maximum absolute atomic E-state index is 4.02. The first-order chi connectivity index (χ1) is 10.8. The van der Waals surface area contributed by atoms with Crippen molar-refractivity contribution in [3.05, 3.63) is 35.4 Å². The zero-order valence-corrected chi connectivity index (χ0v) is 16.7. The number of benzene rings is 1. The summed E-state index contributed by atoms with van der Waals surface area (Å²) in [6, 6.07) is 9.31. The number of hydrogen-bond donors (Lipinski definition) is 0. The highest BCUT2D eigenvalue weighted by Gasteiger charge is 2.61. The molecule has 5 unspecified atom stereocenters. The molecule has 3 aliphatic rings. The summed E-state index contributed by atoms with van der Waals surface area (Å²) < 4.78 is 0. The van der Waals surface area contributed by atoms with Crippen LogP contribution < -0.4 is 0 Å². The van der Waals surface area contributed by atoms with Gasteiger partial charge in [-0.3, -0.25) is 0 Å². The molecule has 126 valence electrons. The number of hydrogen-bond acceptors (Lipinski definition) is 0. The van der Waals surface area contributed by atoms with E-state index in [-0.39, 0.29) is 0 Å². The second-order valence-electron chi connectivity index (χ2n) is 9.59. The molecular formula is C22H31Br. The summed E-state index contributed by atoms with van der Waals surface area (Å²) in [7, 11) is 0. The van der Waals surface area contributed by atoms with Gasteiger partial charge in [0, 0.05) is 4.83 Å². The van der Waals surface area contributed by atoms with Crippen LogP contribution in [0.15, 0.2) is 24.3 Å². The zero-order valence-electron chi connectivity index (χ0n) is 15.2. The van der Waals surface area contributed by atoms with Crippen molar-refractivity contribution in [2.45, 2.75) is 76.5 Å². The van der Waals surface area contributed by atoms with E-state index in [1.807, 2.05) is 0 Å². The van der Waals surface area contributed by atoms with E-state index in [0.717, 1.165) is 11.8 Å². The fraction of sp³-hybridized carbons (Fsp3) is 0.727. The summed E-state index contributed by atoms with van der Waals surface area (Å²) in [5.41, 5.74) is 4.63. The maximum atomic E-state index is 4.02. The molecule has 0 saturated heterocycles. The first-order valence-corrected chi connectivity index (χ1v) is 10.4. The number of alkyl halides is 1. The van der Waals surface area contributed by atoms with E-state index in [1.54, 1.807) is 11.1 Å². The Bertz CT molecular complexity index is 618. The smallest absolute Gasteiger partial charge is 0.0200 e. The molecule has 5 atom stereocenters. The van der Waals surface area contributed by atoms with Crippen LogP contribution in [-0.2, 0) is 11.8 Å². The van der Waals surface area contributed by atoms with Gasteiger partial charge in [-0.1, -0.05) is 67.9 Å². The van der Waals surface area contributed by atoms with E-state index in [9.17, 15) is 0 Å². The quantitative estimate of drug-likeness (QED) is 0.454. The summed E-state index contributed by atoms with van der Waals surface area (Å²) >= 11 is 4.02. The molecule has 1 aromatic carbocycles. The summed E-state index contributed by atoms with van der Waals surface area (Å²) in [5, 5.41) is 0. The predicted octanol–water partition coefficient (Wildman–Crippen LogP) is 6.51. The second-order valence-corrected chi connectivity index (χ2v) is 10.7. The zero-order chi connectivity index (χ0) is 16.5. The van der Waals surface area contributed by atoms with E-state index >= 15 is 0 Å². The summed E-state index contributed by atoms with van der Waals surface area (Å²) in [5.74, 6) is 1.71. The van der Waals surface area contributed by atoms with Gasteiger partial charge in [-0.05, 0) is 77.7 Å². The molecule has 1 aromatic rings. The Morgan fingerprint density at radius 3 is 2.43 bits per heavy atom. The van der Waals surface area contributed by atoms with E-state index in [0.29, 0.717) is 21.1 Å². The Morgan fingerprint density at radius 1 is 0.913 bits per heavy atom. The van der Waals surface area contributed by atoms with Crippen molar-refractivity contribution in [3.8, 4) is 0 Å². The molecule has 4 rings (SSSR count). The van der Waals surface area contributed by atoms with Crippen LogP contribution in [0.2, 0.25) is 0 Å². The molecule has 0 nitrogen and oxygen atoms in total. The Hall–Kier alpha value is -0.300. The first-order valence-electron chi connectivity index (χ1n) is 9.52. The van der Waals surface area contributed by atoms with Gasteiger partial charge in [0.2, 0.25) is 0 Å². The summed E-state index contributed by atoms with van der Waals surface area (Å²) in [4.78, 5) is 0.688. The highest BCUT2D eigenvalue weighted by atomic mass is 79.9. The van der Waals surface area contributed by atoms with Crippen LogP contribution in [0.25, 0.3) is 0 Å². The minimum atomic E-state index is 0.398. The lowest BCUT2D eigenvalue weighted by Crippen LogP contribution is -2.59. The highest BCUT2D eigenvalue weighted by Crippen LogP contribution is 2.67. The van der Waals surface area contributed by atoms with Crippen molar-refractivity contribution >= 4 is 15.9 Å². The van der Waals surface area contributed by atoms with E-state index in [1.165, 1.54) is 38.5 Å². The van der Waals surface area contributed by atoms with E-state index in [2.05, 4.69) is 67.9 Å². The van der Waals surface area contributed by atoms with Gasteiger partial charge in [-0.2, -0.15) is 0 Å². The monoisotopic (exact) mass is 374 g/mol. The van der Waals surface area contributed by atoms with Gasteiger partial charge in [0.1, 0.15) is 0 Å². The largest absolute Gasteiger partial charge is 0.0885 e. The highest BCUT2D eigenvalue weighted by molar-refractivity contribution is 9.09. The van der Waals surface area contributed by atoms with E-state index < -0.39 is 0 Å². The SMILES string of the molecule is CC12CCC3C(C)(C)C(Br)CCC3(C)C1CCc1ccccc12. The van der Waals surface area contributed by atoms with Gasteiger partial charge in [0.15, 0.2) is 0 Å². The van der Waals surface area contributed by atoms with Gasteiger partial charge < -0.3 is 0 Å². The molecule has 2 saturated carbocycles. The second kappa shape index (κ2) is 5.10. The van der Waals surface area contributed by atoms with Crippen LogP contribution in [-0.4, -0.2) is 4.83 Å². The third kappa shape index (κ3) is 2.08. The molecule has 2 fully saturated rings. The topological polar surface area (TPSA) is 0 Å². The third-order valence-electron chi connectivity index (χ3n) is 8.29. The van der Waals surface area contributed by atoms with Gasteiger partial charge in [0.25, 0.3) is 0 Å². The molecule has 0 bridgehead atoms. The Balaban J connectivity index is 1.80. The van der Waals surface area contributed by atoms with Crippen molar-refractivity contribution in [2.75, 3.05) is 0 Å². The van der Waals surface area contributed by atoms with Crippen molar-refractivity contribution in [1.29, 1.82) is 0 Å². The van der Waals surface area contributed by atoms with Crippen molar-refractivity contribution in [3.63, 3.8) is 0 Å². The van der Waals surface area contributed by atoms with Gasteiger partial charge in [0.05, 0.1) is 0 Å². The lowest BCUT2D eigenvalue weighted by atomic mass is 9.40. The molecular weight excluding hydrogens is 344 g/mol. The number of rotatable bonds is 0. The van der Waals surface area contributed by atoms with Crippen molar-refractivity contribution < 1.29 is 0 Å². The summed E-state index contributed by atoms with van der Waals surface area (Å²) in [6.45, 7) is 10.3. The van der Waals surface area contributed by atoms with Crippen LogP contribution in [0.3, 0.4) is 0 Å². The van der Waals surface area contributed by atoms with Crippen molar-refractivity contribution in [1.82, 2.24) is 0 Å². The molecule has 0 spiro atoms. The van der Waals surface area contributed by atoms with Crippen LogP contribution in [0, 0.1) is 22.7 Å². The molecule has 0 aromatic heterocycles. The Morgan fingerprint density at radius 2 is 1.65 bits per heavy atom. The normalized spacial score (nSPS) is 44.8. The minimum Gasteiger partial charge on any atom is -0.0885 e. The standard InChI is InChI=1S/C22H31Br/c1-20(2)17-11-13-21(3)16-8-6-5-7-15(16)9-10-18(21)22(17,4)14-12-19(20)23/h5-8,17-19H,9-14H2,1-4H3. The molecule has 0 amide bonds. The fourth-order valence-corrected chi connectivity index (χ4v) is 7.63. The molecule has 0 N–H and O–H groups in total. The predicted molar refractivity (Wildman–Crippen MR) is 102 cm³/mol. The lowest BCUT2D eigenvalue weighted by molar-refractivity contribution is -0.106. The average Bonchev–Trinajstić information content (AvgIpc) is 2.51. The molecule has 0 radical (unpaired) electrons. The molecule has 0 heterocycles. The Kier molecular flexibility index (Phi) is 3.59. The molecule has 1 heteroatoms. The maximum Gasteiger partial charge on any atom is 0.0200 e. The minimum absolute atomic E-state index is 0.398.